The van der Waals surface area contributed by atoms with Gasteiger partial charge in [-0.1, -0.05) is 70.8 Å². The predicted molar refractivity (Wildman–Crippen MR) is 244 cm³/mol. The molecule has 0 radical (unpaired) electrons. The Kier molecular flexibility index (Phi) is 20.3. The third kappa shape index (κ3) is 14.8. The monoisotopic (exact) mass is 941 g/mol. The number of unbranched alkanes of at least 4 members (excludes halogenated alkanes) is 9. The first-order chi connectivity index (χ1) is 31.8. The van der Waals surface area contributed by atoms with Crippen molar-refractivity contribution >= 4 is 52.3 Å². The molecule has 0 aromatic heterocycles. The van der Waals surface area contributed by atoms with Crippen LogP contribution in [0.15, 0.2) is 33.9 Å². The number of benzene rings is 1. The van der Waals surface area contributed by atoms with Crippen molar-refractivity contribution in [1.29, 1.82) is 0 Å². The molecule has 0 unspecified atom stereocenters. The first kappa shape index (κ1) is 53.7. The van der Waals surface area contributed by atoms with E-state index in [0.29, 0.717) is 23.6 Å². The molecule has 1 aromatic rings. The highest BCUT2D eigenvalue weighted by Gasteiger charge is 2.59. The Morgan fingerprint density at radius 2 is 1.52 bits per heavy atom. The second kappa shape index (κ2) is 25.3. The fourth-order valence-corrected chi connectivity index (χ4v) is 8.32. The van der Waals surface area contributed by atoms with E-state index in [2.05, 4.69) is 17.2 Å². The van der Waals surface area contributed by atoms with Crippen molar-refractivity contribution in [2.75, 3.05) is 38.8 Å². The molecule has 0 spiro atoms. The number of hydrogen-bond acceptors (Lipinski definition) is 17. The van der Waals surface area contributed by atoms with E-state index in [1.807, 2.05) is 27.7 Å². The molecule has 4 rings (SSSR count). The summed E-state index contributed by atoms with van der Waals surface area (Å²) < 4.78 is 42.6. The average molecular weight is 942 g/mol. The molecule has 3 heterocycles. The summed E-state index contributed by atoms with van der Waals surface area (Å²) in [6.45, 7) is 7.46. The van der Waals surface area contributed by atoms with Crippen LogP contribution in [-0.2, 0) is 75.5 Å². The van der Waals surface area contributed by atoms with E-state index >= 15 is 0 Å². The molecule has 1 fully saturated rings. The molecule has 1 amide bonds. The summed E-state index contributed by atoms with van der Waals surface area (Å²) in [6, 6.07) is 6.00. The number of aryl methyl sites for hydroxylation is 1. The lowest BCUT2D eigenvalue weighted by Gasteiger charge is -2.48. The predicted octanol–water partition coefficient (Wildman–Crippen LogP) is 4.09. The maximum absolute atomic E-state index is 13.9. The van der Waals surface area contributed by atoms with Crippen molar-refractivity contribution in [3.05, 3.63) is 45.1 Å². The van der Waals surface area contributed by atoms with Gasteiger partial charge in [0.05, 0.1) is 37.3 Å². The fraction of sp³-hybridized carbons (Fsp3) is 0.638. The third-order valence-electron chi connectivity index (χ3n) is 11.6. The van der Waals surface area contributed by atoms with E-state index in [0.717, 1.165) is 76.0 Å². The van der Waals surface area contributed by atoms with E-state index in [1.54, 1.807) is 13.1 Å². The third-order valence-corrected chi connectivity index (χ3v) is 11.6. The van der Waals surface area contributed by atoms with Crippen molar-refractivity contribution in [3.63, 3.8) is 0 Å². The van der Waals surface area contributed by atoms with Gasteiger partial charge in [0.1, 0.15) is 18.8 Å². The number of carbonyl (C=O) groups excluding carboxylic acids is 6. The number of likely N-dealkylation sites (N-methyl/N-ethyl adjacent to an activating group) is 1. The smallest absolute Gasteiger partial charge is 0.366 e. The molecule has 1 N–H and O–H groups in total. The van der Waals surface area contributed by atoms with Gasteiger partial charge in [-0.05, 0) is 30.0 Å². The van der Waals surface area contributed by atoms with Gasteiger partial charge in [0.2, 0.25) is 5.91 Å². The van der Waals surface area contributed by atoms with Gasteiger partial charge in [-0.25, -0.2) is 9.59 Å². The number of nitrogens with zero attached hydrogens (tertiary/aromatic N) is 4. The molecule has 1 saturated heterocycles. The van der Waals surface area contributed by atoms with Gasteiger partial charge < -0.3 is 47.9 Å². The summed E-state index contributed by atoms with van der Waals surface area (Å²) in [6.07, 6.45) is 4.54. The quantitative estimate of drug-likeness (QED) is 0.0545. The number of methoxy groups -OCH3 is 1. The van der Waals surface area contributed by atoms with E-state index < -0.39 is 96.3 Å². The van der Waals surface area contributed by atoms with Gasteiger partial charge in [0.15, 0.2) is 18.0 Å². The average Bonchev–Trinajstić information content (AvgIpc) is 3.26. The highest BCUT2D eigenvalue weighted by molar-refractivity contribution is 5.88. The second-order valence-corrected chi connectivity index (χ2v) is 16.9. The Bertz CT molecular complexity index is 2290. The molecule has 20 nitrogen and oxygen atoms in total. The number of aromatic nitrogens is 3. The Morgan fingerprint density at radius 1 is 0.881 bits per heavy atom. The van der Waals surface area contributed by atoms with Gasteiger partial charge in [-0.2, -0.15) is 4.98 Å². The number of hydrogen-bond donors (Lipinski definition) is 1. The van der Waals surface area contributed by atoms with Gasteiger partial charge in [0, 0.05) is 67.5 Å². The number of nitrogens with one attached hydrogen (secondary N) is 1. The van der Waals surface area contributed by atoms with Crippen LogP contribution >= 0.6 is 0 Å². The van der Waals surface area contributed by atoms with Gasteiger partial charge in [-0.15, -0.1) is 0 Å². The van der Waals surface area contributed by atoms with Crippen LogP contribution in [-0.4, -0.2) is 120 Å². The van der Waals surface area contributed by atoms with E-state index in [9.17, 15) is 38.4 Å². The molecule has 0 aliphatic carbocycles. The van der Waals surface area contributed by atoms with Crippen molar-refractivity contribution in [2.45, 2.75) is 155 Å². The summed E-state index contributed by atoms with van der Waals surface area (Å²) in [5.74, 6) is -7.14. The lowest BCUT2D eigenvalue weighted by molar-refractivity contribution is -0.313. The Balaban J connectivity index is 1.68. The lowest BCUT2D eigenvalue weighted by atomic mass is 9.88. The zero-order chi connectivity index (χ0) is 49.4. The summed E-state index contributed by atoms with van der Waals surface area (Å²) in [5, 5.41) is 3.39. The second-order valence-electron chi connectivity index (χ2n) is 16.9. The van der Waals surface area contributed by atoms with Gasteiger partial charge in [-0.3, -0.25) is 33.3 Å². The molecule has 0 bridgehead atoms. The van der Waals surface area contributed by atoms with Crippen molar-refractivity contribution < 1.29 is 61.9 Å². The minimum Gasteiger partial charge on any atom is -0.465 e. The number of esters is 5. The molecule has 370 valence electrons. The zero-order valence-electron chi connectivity index (χ0n) is 40.2. The highest BCUT2D eigenvalue weighted by Crippen LogP contribution is 2.37. The molecule has 67 heavy (non-hydrogen) atoms. The van der Waals surface area contributed by atoms with Crippen LogP contribution in [0.2, 0.25) is 0 Å². The van der Waals surface area contributed by atoms with Crippen molar-refractivity contribution in [2.24, 2.45) is 7.05 Å². The topological polar surface area (TPSA) is 239 Å². The maximum atomic E-state index is 13.9. The van der Waals surface area contributed by atoms with E-state index in [-0.39, 0.29) is 13.2 Å². The lowest BCUT2D eigenvalue weighted by Crippen LogP contribution is -2.69. The Hall–Kier alpha value is -5.89. The van der Waals surface area contributed by atoms with Crippen LogP contribution in [0.4, 0.5) is 5.69 Å². The summed E-state index contributed by atoms with van der Waals surface area (Å²) >= 11 is 0. The van der Waals surface area contributed by atoms with Crippen molar-refractivity contribution in [3.8, 4) is 11.4 Å². The number of anilines is 1. The summed E-state index contributed by atoms with van der Waals surface area (Å²) in [4.78, 5) is 108. The first-order valence-corrected chi connectivity index (χ1v) is 22.9. The molecule has 3 aliphatic rings. The molecular weight excluding hydrogens is 875 g/mol. The van der Waals surface area contributed by atoms with Gasteiger partial charge in [0.25, 0.3) is 11.3 Å². The molecule has 3 aliphatic heterocycles. The molecule has 1 aromatic carbocycles. The molecule has 6 atom stereocenters. The molecular formula is C47H67N5O15. The van der Waals surface area contributed by atoms with E-state index in [4.69, 9.17) is 33.2 Å². The van der Waals surface area contributed by atoms with E-state index in [1.165, 1.54) is 52.5 Å². The minimum atomic E-state index is -2.38. The van der Waals surface area contributed by atoms with Gasteiger partial charge >= 0.3 is 35.5 Å². The Morgan fingerprint density at radius 3 is 2.10 bits per heavy atom. The normalized spacial score (nSPS) is 19.0. The van der Waals surface area contributed by atoms with Crippen LogP contribution in [0.5, 0.6) is 0 Å². The molecule has 0 saturated carbocycles. The number of amides is 1. The standard InChI is InChI=1S/C47H67N5O15/c1-10-11-12-13-14-15-16-17-18-19-22-52-37-26-35(21-20-34(37)25-36-43(52)49-46(60)51(8)44(36)58)50(7)23-24-63-47(45(59)61-9)27-38(64-31(4)55)40(48-29(2)53)42(67-47)41(66-33(6)57)39(65-32(5)56)28-62-30(3)54/h20-21,25-26,38-42H,10-19,22-24,27-28H2,1-9H3,(H,48,53)/t38-,39+,40+,41+,42+,47+/m0/s1. The minimum absolute atomic E-state index is 0.108. The Labute approximate surface area is 390 Å². The number of fused-ring (bicyclic) bond motifs is 2. The number of ether oxygens (including phenoxy) is 7. The summed E-state index contributed by atoms with van der Waals surface area (Å²) in [7, 11) is 4.26. The number of carbonyl (C=O) groups is 6. The number of pyridine rings is 1. The molecule has 20 heteroatoms. The van der Waals surface area contributed by atoms with Crippen molar-refractivity contribution in [1.82, 2.24) is 19.4 Å². The zero-order valence-corrected chi connectivity index (χ0v) is 40.2. The highest BCUT2D eigenvalue weighted by atomic mass is 16.7. The largest absolute Gasteiger partial charge is 0.465 e. The van der Waals surface area contributed by atoms with Crippen LogP contribution < -0.4 is 21.5 Å². The SMILES string of the molecule is CCCCCCCCCCCCn1c2nc(=O)n(C)c(=O)c-2cc2ccc(N(C)CCO[C@]3(C(=O)OC)C[C@H](OC(C)=O)[C@@H](NC(C)=O)[C@H]([C@H](OC(C)=O)[C@@H](COC(C)=O)OC(C)=O)O3)cc21. The maximum Gasteiger partial charge on any atom is 0.366 e. The van der Waals surface area contributed by atoms with Crippen LogP contribution in [0, 0.1) is 0 Å². The van der Waals surface area contributed by atoms with Crippen LogP contribution in [0.25, 0.3) is 22.3 Å². The fourth-order valence-electron chi connectivity index (χ4n) is 8.32. The first-order valence-electron chi connectivity index (χ1n) is 22.9. The summed E-state index contributed by atoms with van der Waals surface area (Å²) in [5.41, 5.74) is 0.656. The number of rotatable bonds is 25. The van der Waals surface area contributed by atoms with Crippen LogP contribution in [0.3, 0.4) is 0 Å². The van der Waals surface area contributed by atoms with Crippen LogP contribution in [0.1, 0.15) is 112 Å².